The molecule has 0 saturated heterocycles. The van der Waals surface area contributed by atoms with Gasteiger partial charge in [-0.05, 0) is 40.7 Å². The Balaban J connectivity index is 2.63. The first-order chi connectivity index (χ1) is 7.00. The fourth-order valence-electron chi connectivity index (χ4n) is 1.64. The Labute approximate surface area is 92.4 Å². The zero-order valence-corrected chi connectivity index (χ0v) is 10.3. The van der Waals surface area contributed by atoms with Gasteiger partial charge in [-0.1, -0.05) is 0 Å². The molecule has 88 valence electrons. The molecule has 0 amide bonds. The Kier molecular flexibility index (Phi) is 4.61. The van der Waals surface area contributed by atoms with Crippen molar-refractivity contribution in [1.29, 1.82) is 0 Å². The molecular formula is C12H22O3. The monoisotopic (exact) mass is 214 g/mol. The van der Waals surface area contributed by atoms with Crippen LogP contribution in [0.1, 0.15) is 34.6 Å². The van der Waals surface area contributed by atoms with Crippen molar-refractivity contribution in [3.05, 3.63) is 12.3 Å². The SMILES string of the molecule is CC(C)O[C@H]1[C@H](C)OC=C[C@@H]1OC(C)C. The summed E-state index contributed by atoms with van der Waals surface area (Å²) in [5.74, 6) is 0. The standard InChI is InChI=1S/C12H22O3/c1-8(2)14-11-6-7-13-10(5)12(11)15-9(3)4/h6-12H,1-5H3/t10-,11-,12-/m0/s1. The minimum Gasteiger partial charge on any atom is -0.496 e. The predicted octanol–water partition coefficient (Wildman–Crippen LogP) is 2.51. The third-order valence-electron chi connectivity index (χ3n) is 2.21. The first-order valence-corrected chi connectivity index (χ1v) is 5.63. The molecular weight excluding hydrogens is 192 g/mol. The van der Waals surface area contributed by atoms with Crippen molar-refractivity contribution in [3.63, 3.8) is 0 Å². The summed E-state index contributed by atoms with van der Waals surface area (Å²) >= 11 is 0. The Morgan fingerprint density at radius 1 is 1.07 bits per heavy atom. The smallest absolute Gasteiger partial charge is 0.124 e. The molecule has 3 heteroatoms. The average molecular weight is 214 g/mol. The van der Waals surface area contributed by atoms with Gasteiger partial charge < -0.3 is 14.2 Å². The van der Waals surface area contributed by atoms with E-state index in [1.165, 1.54) is 0 Å². The second-order valence-corrected chi connectivity index (χ2v) is 4.47. The maximum Gasteiger partial charge on any atom is 0.124 e. The van der Waals surface area contributed by atoms with Crippen molar-refractivity contribution in [2.75, 3.05) is 0 Å². The highest BCUT2D eigenvalue weighted by Crippen LogP contribution is 2.20. The summed E-state index contributed by atoms with van der Waals surface area (Å²) in [7, 11) is 0. The van der Waals surface area contributed by atoms with E-state index in [0.29, 0.717) is 0 Å². The molecule has 0 aliphatic carbocycles. The summed E-state index contributed by atoms with van der Waals surface area (Å²) in [6.45, 7) is 10.1. The van der Waals surface area contributed by atoms with E-state index in [1.807, 2.05) is 40.7 Å². The predicted molar refractivity (Wildman–Crippen MR) is 59.7 cm³/mol. The van der Waals surface area contributed by atoms with Crippen LogP contribution in [0.4, 0.5) is 0 Å². The maximum atomic E-state index is 5.82. The van der Waals surface area contributed by atoms with Gasteiger partial charge in [-0.15, -0.1) is 0 Å². The Morgan fingerprint density at radius 3 is 2.20 bits per heavy atom. The topological polar surface area (TPSA) is 27.7 Å². The lowest BCUT2D eigenvalue weighted by Crippen LogP contribution is -2.44. The summed E-state index contributed by atoms with van der Waals surface area (Å²) < 4.78 is 17.0. The summed E-state index contributed by atoms with van der Waals surface area (Å²) in [5, 5.41) is 0. The fourth-order valence-corrected chi connectivity index (χ4v) is 1.64. The van der Waals surface area contributed by atoms with Gasteiger partial charge in [0.25, 0.3) is 0 Å². The van der Waals surface area contributed by atoms with Crippen LogP contribution in [0.15, 0.2) is 12.3 Å². The van der Waals surface area contributed by atoms with Crippen LogP contribution >= 0.6 is 0 Å². The van der Waals surface area contributed by atoms with Crippen LogP contribution in [-0.4, -0.2) is 30.5 Å². The van der Waals surface area contributed by atoms with Gasteiger partial charge >= 0.3 is 0 Å². The molecule has 1 heterocycles. The van der Waals surface area contributed by atoms with Crippen LogP contribution in [0.5, 0.6) is 0 Å². The van der Waals surface area contributed by atoms with Crippen molar-refractivity contribution in [2.45, 2.75) is 65.1 Å². The molecule has 0 N–H and O–H groups in total. The van der Waals surface area contributed by atoms with E-state index in [9.17, 15) is 0 Å². The molecule has 0 fully saturated rings. The van der Waals surface area contributed by atoms with E-state index in [-0.39, 0.29) is 30.5 Å². The summed E-state index contributed by atoms with van der Waals surface area (Å²) in [6, 6.07) is 0. The maximum absolute atomic E-state index is 5.82. The second kappa shape index (κ2) is 5.52. The summed E-state index contributed by atoms with van der Waals surface area (Å²) in [5.41, 5.74) is 0. The molecule has 0 bridgehead atoms. The molecule has 0 aromatic carbocycles. The van der Waals surface area contributed by atoms with Gasteiger partial charge in [-0.25, -0.2) is 0 Å². The quantitative estimate of drug-likeness (QED) is 0.719. The van der Waals surface area contributed by atoms with Gasteiger partial charge in [-0.2, -0.15) is 0 Å². The van der Waals surface area contributed by atoms with Gasteiger partial charge in [-0.3, -0.25) is 0 Å². The Bertz CT molecular complexity index is 211. The molecule has 15 heavy (non-hydrogen) atoms. The van der Waals surface area contributed by atoms with Gasteiger partial charge in [0.2, 0.25) is 0 Å². The lowest BCUT2D eigenvalue weighted by atomic mass is 10.1. The molecule has 1 aliphatic rings. The van der Waals surface area contributed by atoms with Gasteiger partial charge in [0.15, 0.2) is 0 Å². The lowest BCUT2D eigenvalue weighted by Gasteiger charge is -2.34. The van der Waals surface area contributed by atoms with Crippen LogP contribution in [0.2, 0.25) is 0 Å². The summed E-state index contributed by atoms with van der Waals surface area (Å²) in [6.07, 6.45) is 4.04. The third-order valence-corrected chi connectivity index (χ3v) is 2.21. The normalized spacial score (nSPS) is 31.0. The molecule has 0 spiro atoms. The largest absolute Gasteiger partial charge is 0.496 e. The van der Waals surface area contributed by atoms with Gasteiger partial charge in [0.05, 0.1) is 18.5 Å². The Hall–Kier alpha value is -0.540. The van der Waals surface area contributed by atoms with Crippen molar-refractivity contribution >= 4 is 0 Å². The van der Waals surface area contributed by atoms with E-state index in [0.717, 1.165) is 0 Å². The minimum atomic E-state index is -0.0163. The highest BCUT2D eigenvalue weighted by molar-refractivity contribution is 4.98. The van der Waals surface area contributed by atoms with Crippen LogP contribution in [0.3, 0.4) is 0 Å². The fraction of sp³-hybridized carbons (Fsp3) is 0.833. The molecule has 0 radical (unpaired) electrons. The second-order valence-electron chi connectivity index (χ2n) is 4.47. The van der Waals surface area contributed by atoms with Crippen molar-refractivity contribution in [2.24, 2.45) is 0 Å². The van der Waals surface area contributed by atoms with Crippen molar-refractivity contribution < 1.29 is 14.2 Å². The molecule has 0 saturated carbocycles. The molecule has 0 aromatic rings. The van der Waals surface area contributed by atoms with Crippen molar-refractivity contribution in [3.8, 4) is 0 Å². The first kappa shape index (κ1) is 12.5. The van der Waals surface area contributed by atoms with E-state index in [1.54, 1.807) is 6.26 Å². The number of hydrogen-bond donors (Lipinski definition) is 0. The van der Waals surface area contributed by atoms with Gasteiger partial charge in [0, 0.05) is 0 Å². The van der Waals surface area contributed by atoms with E-state index in [2.05, 4.69) is 0 Å². The highest BCUT2D eigenvalue weighted by Gasteiger charge is 2.32. The van der Waals surface area contributed by atoms with E-state index in [4.69, 9.17) is 14.2 Å². The van der Waals surface area contributed by atoms with Crippen molar-refractivity contribution in [1.82, 2.24) is 0 Å². The zero-order valence-electron chi connectivity index (χ0n) is 10.3. The average Bonchev–Trinajstić information content (AvgIpc) is 2.09. The minimum absolute atomic E-state index is 0.00356. The number of ether oxygens (including phenoxy) is 3. The molecule has 0 unspecified atom stereocenters. The molecule has 1 rings (SSSR count). The molecule has 3 nitrogen and oxygen atoms in total. The molecule has 3 atom stereocenters. The van der Waals surface area contributed by atoms with Crippen LogP contribution in [0.25, 0.3) is 0 Å². The lowest BCUT2D eigenvalue weighted by molar-refractivity contribution is -0.142. The highest BCUT2D eigenvalue weighted by atomic mass is 16.6. The third kappa shape index (κ3) is 3.84. The van der Waals surface area contributed by atoms with E-state index >= 15 is 0 Å². The number of hydrogen-bond acceptors (Lipinski definition) is 3. The molecule has 1 aliphatic heterocycles. The summed E-state index contributed by atoms with van der Waals surface area (Å²) in [4.78, 5) is 0. The van der Waals surface area contributed by atoms with E-state index < -0.39 is 0 Å². The zero-order chi connectivity index (χ0) is 11.4. The van der Waals surface area contributed by atoms with Crippen LogP contribution in [-0.2, 0) is 14.2 Å². The first-order valence-electron chi connectivity index (χ1n) is 5.63. The van der Waals surface area contributed by atoms with Crippen LogP contribution in [0, 0.1) is 0 Å². The Morgan fingerprint density at radius 2 is 1.67 bits per heavy atom. The van der Waals surface area contributed by atoms with Gasteiger partial charge in [0.1, 0.15) is 18.3 Å². The number of rotatable bonds is 4. The van der Waals surface area contributed by atoms with Crippen LogP contribution < -0.4 is 0 Å². The molecule has 0 aromatic heterocycles.